The smallest absolute Gasteiger partial charge is 0.0654 e. The molecule has 0 saturated heterocycles. The predicted octanol–water partition coefficient (Wildman–Crippen LogP) is 12.5. The Labute approximate surface area is 262 Å². The molecule has 0 spiro atoms. The number of carbonyl (C=O) groups is 2. The first-order valence-electron chi connectivity index (χ1n) is 18.5. The molecule has 0 aliphatic heterocycles. The van der Waals surface area contributed by atoms with Crippen LogP contribution in [0.4, 0.5) is 0 Å². The Morgan fingerprint density at radius 2 is 0.585 bits per heavy atom. The molecule has 0 aromatic carbocycles. The van der Waals surface area contributed by atoms with E-state index in [2.05, 4.69) is 13.8 Å². The second-order valence-electron chi connectivity index (χ2n) is 12.6. The summed E-state index contributed by atoms with van der Waals surface area (Å²) >= 11 is -3.64. The fourth-order valence-corrected chi connectivity index (χ4v) is 11.8. The Balaban J connectivity index is 3.82. The summed E-state index contributed by atoms with van der Waals surface area (Å²) in [7, 11) is 0. The van der Waals surface area contributed by atoms with Crippen molar-refractivity contribution in [3.8, 4) is 0 Å². The van der Waals surface area contributed by atoms with Crippen molar-refractivity contribution in [2.75, 3.05) is 0 Å². The molecule has 0 rings (SSSR count). The van der Waals surface area contributed by atoms with Crippen LogP contribution >= 0.6 is 0 Å². The normalized spacial score (nSPS) is 11.6. The van der Waals surface area contributed by atoms with E-state index < -0.39 is 19.2 Å². The minimum atomic E-state index is -3.64. The van der Waals surface area contributed by atoms with Gasteiger partial charge < -0.3 is 0 Å². The van der Waals surface area contributed by atoms with Crippen LogP contribution in [-0.4, -0.2) is 31.1 Å². The molecule has 0 unspecified atom stereocenters. The van der Waals surface area contributed by atoms with E-state index in [1.54, 1.807) is 0 Å². The van der Waals surface area contributed by atoms with Crippen molar-refractivity contribution in [2.24, 2.45) is 0 Å². The third-order valence-corrected chi connectivity index (χ3v) is 18.2. The Morgan fingerprint density at radius 3 is 0.805 bits per heavy atom. The number of rotatable bonds is 32. The molecule has 0 amide bonds. The zero-order valence-electron chi connectivity index (χ0n) is 28.3. The van der Waals surface area contributed by atoms with Crippen LogP contribution in [0.15, 0.2) is 0 Å². The molecule has 0 heterocycles. The molecule has 4 nitrogen and oxygen atoms in total. The summed E-state index contributed by atoms with van der Waals surface area (Å²) < 4.78 is 13.3. The zero-order valence-corrected chi connectivity index (χ0v) is 31.2. The molecule has 0 aliphatic carbocycles. The summed E-state index contributed by atoms with van der Waals surface area (Å²) in [6, 6.07) is 0. The third-order valence-electron chi connectivity index (χ3n) is 8.65. The van der Waals surface area contributed by atoms with E-state index in [0.717, 1.165) is 25.7 Å². The van der Waals surface area contributed by atoms with Gasteiger partial charge in [-0.25, -0.2) is 0 Å². The van der Waals surface area contributed by atoms with Gasteiger partial charge in [-0.1, -0.05) is 65.2 Å². The van der Waals surface area contributed by atoms with Crippen molar-refractivity contribution in [1.82, 2.24) is 0 Å². The molecule has 41 heavy (non-hydrogen) atoms. The summed E-state index contributed by atoms with van der Waals surface area (Å²) in [6.45, 7) is 8.59. The second-order valence-corrected chi connectivity index (χ2v) is 23.0. The van der Waals surface area contributed by atoms with Gasteiger partial charge in [0.25, 0.3) is 0 Å². The van der Waals surface area contributed by atoms with Gasteiger partial charge in [0.1, 0.15) is 0 Å². The van der Waals surface area contributed by atoms with Gasteiger partial charge in [-0.3, -0.25) is 0 Å². The maximum absolute atomic E-state index is 12.6. The number of hydrogen-bond donors (Lipinski definition) is 0. The predicted molar refractivity (Wildman–Crippen MR) is 180 cm³/mol. The zero-order chi connectivity index (χ0) is 30.3. The topological polar surface area (TPSA) is 52.6 Å². The molecule has 0 atom stereocenters. The SMILES string of the molecule is CCCCCCCCCCCCCCCC(=O)[O][Sn]([CH2]C)([CH2]C)[O]C(=O)CCCCCCCCCCCCCCC. The third kappa shape index (κ3) is 27.1. The Morgan fingerprint density at radius 1 is 0.366 bits per heavy atom. The minimum absolute atomic E-state index is 0.138. The Kier molecular flexibility index (Phi) is 31.0. The molecule has 0 radical (unpaired) electrons. The summed E-state index contributed by atoms with van der Waals surface area (Å²) in [5.74, 6) is -0.275. The van der Waals surface area contributed by atoms with Crippen molar-refractivity contribution < 1.29 is 15.7 Å². The van der Waals surface area contributed by atoms with E-state index >= 15 is 0 Å². The first-order valence-corrected chi connectivity index (χ1v) is 24.8. The molecular weight excluding hydrogens is 615 g/mol. The van der Waals surface area contributed by atoms with E-state index in [4.69, 9.17) is 6.15 Å². The quantitative estimate of drug-likeness (QED) is 0.0522. The van der Waals surface area contributed by atoms with E-state index in [-0.39, 0.29) is 11.9 Å². The Hall–Kier alpha value is -0.261. The van der Waals surface area contributed by atoms with Gasteiger partial charge in [0.2, 0.25) is 0 Å². The van der Waals surface area contributed by atoms with Gasteiger partial charge in [-0.2, -0.15) is 0 Å². The van der Waals surface area contributed by atoms with E-state index in [9.17, 15) is 9.59 Å². The van der Waals surface area contributed by atoms with Crippen LogP contribution in [0, 0.1) is 0 Å². The van der Waals surface area contributed by atoms with Crippen LogP contribution in [0.2, 0.25) is 8.87 Å². The van der Waals surface area contributed by atoms with Gasteiger partial charge in [0.05, 0.1) is 0 Å². The van der Waals surface area contributed by atoms with Gasteiger partial charge in [0.15, 0.2) is 0 Å². The molecule has 5 heteroatoms. The van der Waals surface area contributed by atoms with Gasteiger partial charge >= 0.3 is 198 Å². The second kappa shape index (κ2) is 31.2. The van der Waals surface area contributed by atoms with E-state index in [0.29, 0.717) is 21.7 Å². The molecule has 0 fully saturated rings. The van der Waals surface area contributed by atoms with Crippen LogP contribution in [0.1, 0.15) is 207 Å². The van der Waals surface area contributed by atoms with Crippen molar-refractivity contribution in [3.05, 3.63) is 0 Å². The van der Waals surface area contributed by atoms with Crippen LogP contribution < -0.4 is 0 Å². The summed E-state index contributed by atoms with van der Waals surface area (Å²) in [5, 5.41) is 0. The molecule has 0 N–H and O–H groups in total. The average Bonchev–Trinajstić information content (AvgIpc) is 2.97. The van der Waals surface area contributed by atoms with Crippen molar-refractivity contribution >= 4 is 31.1 Å². The van der Waals surface area contributed by atoms with E-state index in [1.165, 1.54) is 141 Å². The number of carbonyl (C=O) groups excluding carboxylic acids is 2. The van der Waals surface area contributed by atoms with Crippen molar-refractivity contribution in [2.45, 2.75) is 216 Å². The van der Waals surface area contributed by atoms with Crippen LogP contribution in [0.5, 0.6) is 0 Å². The molecular formula is C36H72O4Sn. The minimum Gasteiger partial charge on any atom is -0.0654 e. The first-order chi connectivity index (χ1) is 20.0. The van der Waals surface area contributed by atoms with E-state index in [1.807, 2.05) is 13.8 Å². The Bertz CT molecular complexity index is 530. The van der Waals surface area contributed by atoms with Gasteiger partial charge in [0, 0.05) is 0 Å². The van der Waals surface area contributed by atoms with Gasteiger partial charge in [-0.05, 0) is 0 Å². The molecule has 0 saturated carbocycles. The maximum atomic E-state index is 12.6. The number of hydrogen-bond acceptors (Lipinski definition) is 4. The number of unbranched alkanes of at least 4 members (excludes halogenated alkanes) is 24. The first kappa shape index (κ1) is 40.7. The molecule has 0 aliphatic rings. The van der Waals surface area contributed by atoms with Crippen molar-refractivity contribution in [1.29, 1.82) is 0 Å². The standard InChI is InChI=1S/2C16H32O2.2C2H5.Sn/c2*1-2-3-4-5-6-7-8-9-10-11-12-13-14-15-16(17)18;2*1-2;/h2*2-15H2,1H3,(H,17,18);2*1H2,2H3;/q;;;;+2/p-2. The summed E-state index contributed by atoms with van der Waals surface area (Å²) in [5.41, 5.74) is 0. The fourth-order valence-electron chi connectivity index (χ4n) is 5.65. The molecule has 244 valence electrons. The molecule has 0 aromatic heterocycles. The molecule has 0 bridgehead atoms. The van der Waals surface area contributed by atoms with Crippen molar-refractivity contribution in [3.63, 3.8) is 0 Å². The van der Waals surface area contributed by atoms with Crippen LogP contribution in [-0.2, 0) is 15.7 Å². The molecule has 0 aromatic rings. The van der Waals surface area contributed by atoms with Crippen LogP contribution in [0.3, 0.4) is 0 Å². The monoisotopic (exact) mass is 688 g/mol. The summed E-state index contributed by atoms with van der Waals surface area (Å²) in [6.07, 6.45) is 34.6. The van der Waals surface area contributed by atoms with Crippen LogP contribution in [0.25, 0.3) is 0 Å². The average molecular weight is 688 g/mol. The summed E-state index contributed by atoms with van der Waals surface area (Å²) in [4.78, 5) is 25.2. The van der Waals surface area contributed by atoms with Gasteiger partial charge in [-0.15, -0.1) is 0 Å². The fraction of sp³-hybridized carbons (Fsp3) is 0.944.